The Morgan fingerprint density at radius 2 is 2.14 bits per heavy atom. The number of unbranched alkanes of at least 4 members (excludes halogenated alkanes) is 1. The van der Waals surface area contributed by atoms with Gasteiger partial charge in [-0.2, -0.15) is 0 Å². The molecule has 0 saturated heterocycles. The lowest BCUT2D eigenvalue weighted by Gasteiger charge is -2.14. The van der Waals surface area contributed by atoms with Gasteiger partial charge in [-0.25, -0.2) is 0 Å². The second kappa shape index (κ2) is 7.22. The largest absolute Gasteiger partial charge is 0.370 e. The summed E-state index contributed by atoms with van der Waals surface area (Å²) in [7, 11) is 0. The highest BCUT2D eigenvalue weighted by Crippen LogP contribution is 2.22. The highest BCUT2D eigenvalue weighted by molar-refractivity contribution is 5.96. The zero-order chi connectivity index (χ0) is 15.2. The zero-order valence-corrected chi connectivity index (χ0v) is 12.2. The van der Waals surface area contributed by atoms with Gasteiger partial charge < -0.3 is 16.8 Å². The molecule has 5 N–H and O–H groups in total. The third-order valence-corrected chi connectivity index (χ3v) is 3.90. The quantitative estimate of drug-likeness (QED) is 0.690. The molecular weight excluding hydrogens is 266 g/mol. The first kappa shape index (κ1) is 15.5. The summed E-state index contributed by atoms with van der Waals surface area (Å²) in [5, 5.41) is 2.90. The van der Waals surface area contributed by atoms with E-state index in [9.17, 15) is 9.59 Å². The Kier molecular flexibility index (Phi) is 5.33. The molecule has 1 unspecified atom stereocenters. The molecule has 0 saturated carbocycles. The smallest absolute Gasteiger partial charge is 0.251 e. The van der Waals surface area contributed by atoms with Gasteiger partial charge in [-0.15, -0.1) is 0 Å². The topological polar surface area (TPSA) is 98.2 Å². The van der Waals surface area contributed by atoms with Gasteiger partial charge in [-0.3, -0.25) is 9.59 Å². The predicted molar refractivity (Wildman–Crippen MR) is 81.7 cm³/mol. The van der Waals surface area contributed by atoms with Crippen LogP contribution in [0.25, 0.3) is 0 Å². The van der Waals surface area contributed by atoms with Gasteiger partial charge in [0.15, 0.2) is 0 Å². The van der Waals surface area contributed by atoms with Gasteiger partial charge >= 0.3 is 0 Å². The van der Waals surface area contributed by atoms with E-state index >= 15 is 0 Å². The monoisotopic (exact) mass is 289 g/mol. The van der Waals surface area contributed by atoms with Crippen molar-refractivity contribution in [3.05, 3.63) is 34.9 Å². The minimum absolute atomic E-state index is 0.00900. The average molecular weight is 289 g/mol. The maximum absolute atomic E-state index is 12.0. The number of amides is 2. The number of hydrogen-bond acceptors (Lipinski definition) is 3. The molecule has 1 aromatic carbocycles. The molecule has 1 aliphatic heterocycles. The first-order valence-electron chi connectivity index (χ1n) is 7.53. The first-order chi connectivity index (χ1) is 10.1. The van der Waals surface area contributed by atoms with Crippen molar-refractivity contribution in [1.82, 2.24) is 5.32 Å². The summed E-state index contributed by atoms with van der Waals surface area (Å²) in [4.78, 5) is 22.7. The fraction of sp³-hybridized carbons (Fsp3) is 0.500. The summed E-state index contributed by atoms with van der Waals surface area (Å²) in [6.45, 7) is 0.724. The van der Waals surface area contributed by atoms with E-state index in [4.69, 9.17) is 11.5 Å². The SMILES string of the molecule is NC(=O)CCCCC(N)c1ccc2c(c1)C(=O)NCCC2. The number of nitrogens with two attached hydrogens (primary N) is 2. The van der Waals surface area contributed by atoms with Crippen LogP contribution in [0.4, 0.5) is 0 Å². The van der Waals surface area contributed by atoms with Crippen molar-refractivity contribution >= 4 is 11.8 Å². The van der Waals surface area contributed by atoms with Gasteiger partial charge in [0.05, 0.1) is 0 Å². The van der Waals surface area contributed by atoms with Crippen LogP contribution < -0.4 is 16.8 Å². The number of aryl methyl sites for hydroxylation is 1. The summed E-state index contributed by atoms with van der Waals surface area (Å²) in [5.41, 5.74) is 14.1. The number of primary amides is 1. The summed E-state index contributed by atoms with van der Waals surface area (Å²) in [6, 6.07) is 5.82. The van der Waals surface area contributed by atoms with Gasteiger partial charge in [-0.1, -0.05) is 18.6 Å². The van der Waals surface area contributed by atoms with Crippen molar-refractivity contribution in [3.8, 4) is 0 Å². The molecule has 1 aliphatic rings. The Hall–Kier alpha value is -1.88. The molecule has 0 aromatic heterocycles. The van der Waals surface area contributed by atoms with Crippen LogP contribution in [0.1, 0.15) is 59.6 Å². The van der Waals surface area contributed by atoms with E-state index in [0.29, 0.717) is 6.42 Å². The van der Waals surface area contributed by atoms with Crippen molar-refractivity contribution in [2.75, 3.05) is 6.54 Å². The highest BCUT2D eigenvalue weighted by Gasteiger charge is 2.17. The number of hydrogen-bond donors (Lipinski definition) is 3. The Balaban J connectivity index is 2.00. The van der Waals surface area contributed by atoms with E-state index in [-0.39, 0.29) is 17.9 Å². The second-order valence-electron chi connectivity index (χ2n) is 5.59. The standard InChI is InChI=1S/C16H23N3O2/c17-14(5-1-2-6-15(18)20)12-8-7-11-4-3-9-19-16(21)13(11)10-12/h7-8,10,14H,1-6,9,17H2,(H2,18,20)(H,19,21). The number of rotatable bonds is 6. The van der Waals surface area contributed by atoms with E-state index in [0.717, 1.165) is 55.3 Å². The lowest BCUT2D eigenvalue weighted by atomic mass is 9.95. The fourth-order valence-corrected chi connectivity index (χ4v) is 2.66. The van der Waals surface area contributed by atoms with Gasteiger partial charge in [0, 0.05) is 24.6 Å². The maximum atomic E-state index is 12.0. The van der Waals surface area contributed by atoms with Crippen LogP contribution in [0, 0.1) is 0 Å². The molecule has 0 fully saturated rings. The molecule has 21 heavy (non-hydrogen) atoms. The summed E-state index contributed by atoms with van der Waals surface area (Å²) in [6.07, 6.45) is 4.69. The molecule has 0 radical (unpaired) electrons. The van der Waals surface area contributed by atoms with Crippen LogP contribution in [0.2, 0.25) is 0 Å². The van der Waals surface area contributed by atoms with Crippen LogP contribution in [0.5, 0.6) is 0 Å². The number of fused-ring (bicyclic) bond motifs is 1. The number of benzene rings is 1. The first-order valence-corrected chi connectivity index (χ1v) is 7.53. The molecule has 0 spiro atoms. The third kappa shape index (κ3) is 4.29. The molecule has 5 nitrogen and oxygen atoms in total. The number of carbonyl (C=O) groups is 2. The predicted octanol–water partition coefficient (Wildman–Crippen LogP) is 1.41. The molecular formula is C16H23N3O2. The van der Waals surface area contributed by atoms with Crippen LogP contribution in [-0.2, 0) is 11.2 Å². The second-order valence-corrected chi connectivity index (χ2v) is 5.59. The molecule has 114 valence electrons. The van der Waals surface area contributed by atoms with E-state index in [2.05, 4.69) is 5.32 Å². The molecule has 0 bridgehead atoms. The molecule has 1 aromatic rings. The molecule has 0 aliphatic carbocycles. The van der Waals surface area contributed by atoms with Crippen molar-refractivity contribution in [2.45, 2.75) is 44.6 Å². The minimum Gasteiger partial charge on any atom is -0.370 e. The molecule has 2 rings (SSSR count). The van der Waals surface area contributed by atoms with E-state index < -0.39 is 0 Å². The summed E-state index contributed by atoms with van der Waals surface area (Å²) in [5.74, 6) is -0.282. The van der Waals surface area contributed by atoms with E-state index in [1.165, 1.54) is 0 Å². The van der Waals surface area contributed by atoms with Gasteiger partial charge in [0.1, 0.15) is 0 Å². The average Bonchev–Trinajstić information content (AvgIpc) is 2.65. The zero-order valence-electron chi connectivity index (χ0n) is 12.2. The van der Waals surface area contributed by atoms with E-state index in [1.54, 1.807) is 0 Å². The molecule has 1 atom stereocenters. The van der Waals surface area contributed by atoms with Crippen molar-refractivity contribution in [1.29, 1.82) is 0 Å². The summed E-state index contributed by atoms with van der Waals surface area (Å²) >= 11 is 0. The van der Waals surface area contributed by atoms with Crippen LogP contribution in [-0.4, -0.2) is 18.4 Å². The Morgan fingerprint density at radius 1 is 1.33 bits per heavy atom. The van der Waals surface area contributed by atoms with Crippen LogP contribution in [0.15, 0.2) is 18.2 Å². The summed E-state index contributed by atoms with van der Waals surface area (Å²) < 4.78 is 0. The van der Waals surface area contributed by atoms with Crippen molar-refractivity contribution < 1.29 is 9.59 Å². The molecule has 1 heterocycles. The lowest BCUT2D eigenvalue weighted by Crippen LogP contribution is -2.23. The van der Waals surface area contributed by atoms with Gasteiger partial charge in [0.25, 0.3) is 5.91 Å². The third-order valence-electron chi connectivity index (χ3n) is 3.90. The van der Waals surface area contributed by atoms with Gasteiger partial charge in [0.2, 0.25) is 5.91 Å². The normalized spacial score (nSPS) is 15.8. The molecule has 2 amide bonds. The fourth-order valence-electron chi connectivity index (χ4n) is 2.66. The Bertz CT molecular complexity index is 528. The Labute approximate surface area is 125 Å². The maximum Gasteiger partial charge on any atom is 0.251 e. The van der Waals surface area contributed by atoms with Crippen molar-refractivity contribution in [3.63, 3.8) is 0 Å². The Morgan fingerprint density at radius 3 is 2.90 bits per heavy atom. The number of carbonyl (C=O) groups excluding carboxylic acids is 2. The van der Waals surface area contributed by atoms with Crippen LogP contribution in [0.3, 0.4) is 0 Å². The van der Waals surface area contributed by atoms with Gasteiger partial charge in [-0.05, 0) is 42.9 Å². The minimum atomic E-state index is -0.273. The molecule has 5 heteroatoms. The van der Waals surface area contributed by atoms with Crippen molar-refractivity contribution in [2.24, 2.45) is 11.5 Å². The van der Waals surface area contributed by atoms with Crippen LogP contribution >= 0.6 is 0 Å². The lowest BCUT2D eigenvalue weighted by molar-refractivity contribution is -0.118. The highest BCUT2D eigenvalue weighted by atomic mass is 16.2. The van der Waals surface area contributed by atoms with E-state index in [1.807, 2.05) is 18.2 Å². The number of nitrogens with one attached hydrogen (secondary N) is 1.